The number of anilines is 1. The Kier molecular flexibility index (Phi) is 5.63. The number of fused-ring (bicyclic) bond motifs is 1. The molecule has 2 aliphatic heterocycles. The molecule has 1 unspecified atom stereocenters. The van der Waals surface area contributed by atoms with Crippen molar-refractivity contribution < 1.29 is 13.2 Å². The molecule has 0 radical (unpaired) electrons. The number of carbonyl (C=O) groups is 1. The van der Waals surface area contributed by atoms with Gasteiger partial charge < -0.3 is 4.90 Å². The monoisotopic (exact) mass is 412 g/mol. The van der Waals surface area contributed by atoms with Crippen molar-refractivity contribution in [3.05, 3.63) is 59.7 Å². The number of hydrogen-bond donors (Lipinski definition) is 0. The number of rotatable bonds is 4. The predicted molar refractivity (Wildman–Crippen MR) is 115 cm³/mol. The van der Waals surface area contributed by atoms with Crippen LogP contribution in [-0.4, -0.2) is 38.4 Å². The molecule has 0 bridgehead atoms. The fraction of sp³-hybridized carbons (Fsp3) is 0.435. The maximum atomic E-state index is 13.4. The third-order valence-electron chi connectivity index (χ3n) is 6.10. The maximum Gasteiger partial charge on any atom is 0.264 e. The Morgan fingerprint density at radius 3 is 2.69 bits per heavy atom. The Hall–Kier alpha value is -2.34. The van der Waals surface area contributed by atoms with Gasteiger partial charge in [-0.2, -0.15) is 0 Å². The van der Waals surface area contributed by atoms with E-state index in [9.17, 15) is 13.2 Å². The molecule has 0 spiro atoms. The molecule has 0 saturated carbocycles. The van der Waals surface area contributed by atoms with Gasteiger partial charge in [0.05, 0.1) is 10.6 Å². The van der Waals surface area contributed by atoms with Crippen LogP contribution in [0.1, 0.15) is 54.9 Å². The third-order valence-corrected chi connectivity index (χ3v) is 7.91. The number of hydrogen-bond acceptors (Lipinski definition) is 3. The van der Waals surface area contributed by atoms with Crippen LogP contribution in [0.3, 0.4) is 0 Å². The molecule has 6 heteroatoms. The summed E-state index contributed by atoms with van der Waals surface area (Å²) in [6.07, 6.45) is 5.77. The molecule has 1 fully saturated rings. The summed E-state index contributed by atoms with van der Waals surface area (Å²) >= 11 is 0. The molecule has 0 aromatic heterocycles. The number of likely N-dealkylation sites (tertiary alicyclic amines) is 1. The van der Waals surface area contributed by atoms with E-state index in [0.29, 0.717) is 12.1 Å². The van der Waals surface area contributed by atoms with Gasteiger partial charge in [-0.25, -0.2) is 8.42 Å². The second-order valence-electron chi connectivity index (χ2n) is 7.89. The first kappa shape index (κ1) is 20.0. The molecule has 4 rings (SSSR count). The first-order valence-corrected chi connectivity index (χ1v) is 12.0. The van der Waals surface area contributed by atoms with Crippen molar-refractivity contribution in [2.24, 2.45) is 0 Å². The highest BCUT2D eigenvalue weighted by molar-refractivity contribution is 7.92. The first-order chi connectivity index (χ1) is 14.0. The number of nitrogens with zero attached hydrogens (tertiary/aromatic N) is 2. The third kappa shape index (κ3) is 3.78. The summed E-state index contributed by atoms with van der Waals surface area (Å²) in [6, 6.07) is 14.5. The van der Waals surface area contributed by atoms with E-state index in [-0.39, 0.29) is 16.8 Å². The van der Waals surface area contributed by atoms with Crippen LogP contribution in [0.2, 0.25) is 0 Å². The van der Waals surface area contributed by atoms with Crippen LogP contribution in [0, 0.1) is 0 Å². The summed E-state index contributed by atoms with van der Waals surface area (Å²) in [6.45, 7) is 3.31. The van der Waals surface area contributed by atoms with E-state index >= 15 is 0 Å². The average molecular weight is 413 g/mol. The second-order valence-corrected chi connectivity index (χ2v) is 9.76. The normalized spacial score (nSPS) is 19.7. The molecule has 1 atom stereocenters. The van der Waals surface area contributed by atoms with Crippen LogP contribution in [0.15, 0.2) is 53.4 Å². The number of benzene rings is 2. The fourth-order valence-electron chi connectivity index (χ4n) is 4.52. The molecule has 0 aliphatic carbocycles. The molecule has 2 aliphatic rings. The second kappa shape index (κ2) is 8.19. The van der Waals surface area contributed by atoms with Crippen molar-refractivity contribution in [2.75, 3.05) is 17.4 Å². The van der Waals surface area contributed by atoms with Crippen molar-refractivity contribution in [1.82, 2.24) is 4.90 Å². The predicted octanol–water partition coefficient (Wildman–Crippen LogP) is 4.23. The van der Waals surface area contributed by atoms with Crippen molar-refractivity contribution in [3.63, 3.8) is 0 Å². The van der Waals surface area contributed by atoms with Gasteiger partial charge in [0.15, 0.2) is 0 Å². The molecule has 154 valence electrons. The summed E-state index contributed by atoms with van der Waals surface area (Å²) < 4.78 is 28.3. The van der Waals surface area contributed by atoms with E-state index in [4.69, 9.17) is 0 Å². The van der Waals surface area contributed by atoms with Gasteiger partial charge in [0.25, 0.3) is 15.9 Å². The van der Waals surface area contributed by atoms with Crippen LogP contribution >= 0.6 is 0 Å². The van der Waals surface area contributed by atoms with Gasteiger partial charge in [-0.3, -0.25) is 9.10 Å². The molecule has 1 saturated heterocycles. The van der Waals surface area contributed by atoms with Crippen molar-refractivity contribution in [3.8, 4) is 0 Å². The summed E-state index contributed by atoms with van der Waals surface area (Å²) in [4.78, 5) is 15.2. The Morgan fingerprint density at radius 1 is 1.03 bits per heavy atom. The minimum atomic E-state index is -3.72. The highest BCUT2D eigenvalue weighted by atomic mass is 32.2. The Morgan fingerprint density at radius 2 is 1.86 bits per heavy atom. The molecule has 5 nitrogen and oxygen atoms in total. The van der Waals surface area contributed by atoms with Crippen LogP contribution in [0.25, 0.3) is 0 Å². The number of piperidine rings is 1. The largest absolute Gasteiger partial charge is 0.336 e. The van der Waals surface area contributed by atoms with Crippen molar-refractivity contribution in [1.29, 1.82) is 0 Å². The first-order valence-electron chi connectivity index (χ1n) is 10.5. The lowest BCUT2D eigenvalue weighted by Gasteiger charge is -2.35. The maximum absolute atomic E-state index is 13.4. The van der Waals surface area contributed by atoms with E-state index in [0.717, 1.165) is 56.3 Å². The molecule has 1 amide bonds. The highest BCUT2D eigenvalue weighted by Gasteiger charge is 2.31. The number of amides is 1. The van der Waals surface area contributed by atoms with E-state index in [1.807, 2.05) is 29.2 Å². The van der Waals surface area contributed by atoms with Crippen LogP contribution in [0.4, 0.5) is 5.69 Å². The van der Waals surface area contributed by atoms with E-state index in [1.165, 1.54) is 4.31 Å². The van der Waals surface area contributed by atoms with Gasteiger partial charge in [0.1, 0.15) is 0 Å². The van der Waals surface area contributed by atoms with E-state index < -0.39 is 10.0 Å². The van der Waals surface area contributed by atoms with E-state index in [1.54, 1.807) is 24.3 Å². The van der Waals surface area contributed by atoms with Gasteiger partial charge in [-0.15, -0.1) is 0 Å². The van der Waals surface area contributed by atoms with Gasteiger partial charge in [0.2, 0.25) is 0 Å². The number of carbonyl (C=O) groups excluding carboxylic acids is 1. The smallest absolute Gasteiger partial charge is 0.264 e. The van der Waals surface area contributed by atoms with Crippen molar-refractivity contribution >= 4 is 21.6 Å². The standard InChI is InChI=1S/C23H28N2O3S/c1-2-20-12-5-6-15-24(20)23(26)19-10-7-13-21(17-19)29(27,28)25-16-8-11-18-9-3-4-14-22(18)25/h3-4,7,9-10,13-14,17,20H,2,5-6,8,11-12,15-16H2,1H3. The molecule has 0 N–H and O–H groups in total. The molecule has 2 heterocycles. The van der Waals surface area contributed by atoms with Gasteiger partial charge in [0, 0.05) is 24.7 Å². The Bertz CT molecular complexity index is 1000. The zero-order valence-corrected chi connectivity index (χ0v) is 17.7. The summed E-state index contributed by atoms with van der Waals surface area (Å²) in [5, 5.41) is 0. The molecule has 29 heavy (non-hydrogen) atoms. The summed E-state index contributed by atoms with van der Waals surface area (Å²) in [5.41, 5.74) is 2.25. The van der Waals surface area contributed by atoms with Crippen molar-refractivity contribution in [2.45, 2.75) is 56.4 Å². The minimum Gasteiger partial charge on any atom is -0.336 e. The number of sulfonamides is 1. The topological polar surface area (TPSA) is 57.7 Å². The van der Waals surface area contributed by atoms with Gasteiger partial charge in [-0.1, -0.05) is 31.2 Å². The molecule has 2 aromatic rings. The Labute approximate surface area is 173 Å². The SMILES string of the molecule is CCC1CCCCN1C(=O)c1cccc(S(=O)(=O)N2CCCc3ccccc32)c1. The van der Waals surface area contributed by atoms with E-state index in [2.05, 4.69) is 6.92 Å². The summed E-state index contributed by atoms with van der Waals surface area (Å²) in [7, 11) is -3.72. The molecule has 2 aromatic carbocycles. The summed E-state index contributed by atoms with van der Waals surface area (Å²) in [5.74, 6) is -0.0624. The number of para-hydroxylation sites is 1. The molecular weight excluding hydrogens is 384 g/mol. The van der Waals surface area contributed by atoms with Gasteiger partial charge in [-0.05, 0) is 68.4 Å². The average Bonchev–Trinajstić information content (AvgIpc) is 2.78. The lowest BCUT2D eigenvalue weighted by atomic mass is 9.99. The quantitative estimate of drug-likeness (QED) is 0.755. The minimum absolute atomic E-state index is 0.0624. The number of aryl methyl sites for hydroxylation is 1. The van der Waals surface area contributed by atoms with Crippen LogP contribution in [-0.2, 0) is 16.4 Å². The molecular formula is C23H28N2O3S. The zero-order chi connectivity index (χ0) is 20.4. The fourth-order valence-corrected chi connectivity index (χ4v) is 6.11. The van der Waals surface area contributed by atoms with Crippen LogP contribution in [0.5, 0.6) is 0 Å². The lowest BCUT2D eigenvalue weighted by molar-refractivity contribution is 0.0608. The van der Waals surface area contributed by atoms with Crippen LogP contribution < -0.4 is 4.31 Å². The Balaban J connectivity index is 1.66. The highest BCUT2D eigenvalue weighted by Crippen LogP contribution is 2.32. The zero-order valence-electron chi connectivity index (χ0n) is 16.9. The van der Waals surface area contributed by atoms with Gasteiger partial charge >= 0.3 is 0 Å². The lowest BCUT2D eigenvalue weighted by Crippen LogP contribution is -2.43.